The van der Waals surface area contributed by atoms with E-state index >= 15 is 0 Å². The average Bonchev–Trinajstić information content (AvgIpc) is 2.25. The van der Waals surface area contributed by atoms with Crippen LogP contribution in [0.3, 0.4) is 0 Å². The summed E-state index contributed by atoms with van der Waals surface area (Å²) in [5, 5.41) is 11.4. The molecule has 0 aliphatic heterocycles. The number of hydrogen-bond donors (Lipinski definition) is 2. The maximum absolute atomic E-state index is 11.8. The minimum atomic E-state index is -0.967. The number of methoxy groups -OCH3 is 1. The van der Waals surface area contributed by atoms with Gasteiger partial charge in [0.2, 0.25) is 5.91 Å². The molecule has 0 aliphatic rings. The van der Waals surface area contributed by atoms with E-state index in [9.17, 15) is 9.59 Å². The molecule has 0 spiro atoms. The highest BCUT2D eigenvalue weighted by Gasteiger charge is 2.26. The van der Waals surface area contributed by atoms with Crippen LogP contribution in [0.2, 0.25) is 0 Å². The predicted molar refractivity (Wildman–Crippen MR) is 59.7 cm³/mol. The molecule has 0 aliphatic carbocycles. The predicted octanol–water partition coefficient (Wildman–Crippen LogP) is 0.319. The number of hydrogen-bond acceptors (Lipinski definition) is 4. The van der Waals surface area contributed by atoms with Crippen LogP contribution in [-0.2, 0) is 14.3 Å². The van der Waals surface area contributed by atoms with Crippen LogP contribution < -0.4 is 5.32 Å². The minimum absolute atomic E-state index is 0.154. The van der Waals surface area contributed by atoms with Gasteiger partial charge in [-0.15, -0.1) is 0 Å². The molecule has 0 rings (SSSR count). The van der Waals surface area contributed by atoms with E-state index in [1.165, 1.54) is 7.11 Å². The van der Waals surface area contributed by atoms with E-state index in [0.717, 1.165) is 0 Å². The van der Waals surface area contributed by atoms with Crippen molar-refractivity contribution < 1.29 is 19.4 Å². The Hall–Kier alpha value is -1.10. The van der Waals surface area contributed by atoms with E-state index in [-0.39, 0.29) is 17.7 Å². The van der Waals surface area contributed by atoms with E-state index in [4.69, 9.17) is 5.11 Å². The Labute approximate surface area is 96.2 Å². The number of rotatable bonds is 6. The van der Waals surface area contributed by atoms with E-state index in [1.807, 2.05) is 20.8 Å². The third kappa shape index (κ3) is 4.18. The normalized spacial score (nSPS) is 14.4. The van der Waals surface area contributed by atoms with E-state index in [2.05, 4.69) is 10.1 Å². The first kappa shape index (κ1) is 14.9. The van der Waals surface area contributed by atoms with Crippen molar-refractivity contribution in [1.29, 1.82) is 0 Å². The van der Waals surface area contributed by atoms with Crippen molar-refractivity contribution in [1.82, 2.24) is 5.32 Å². The molecule has 0 radical (unpaired) electrons. The number of nitrogens with one attached hydrogen (secondary N) is 1. The summed E-state index contributed by atoms with van der Waals surface area (Å²) in [5.41, 5.74) is 0. The highest BCUT2D eigenvalue weighted by Crippen LogP contribution is 2.14. The lowest BCUT2D eigenvalue weighted by Gasteiger charge is -2.21. The number of carbonyl (C=O) groups is 2. The van der Waals surface area contributed by atoms with Gasteiger partial charge in [0.1, 0.15) is 0 Å². The Balaban J connectivity index is 4.45. The van der Waals surface area contributed by atoms with Crippen molar-refractivity contribution in [3.05, 3.63) is 0 Å². The summed E-state index contributed by atoms with van der Waals surface area (Å²) in [5.74, 6) is -0.808. The van der Waals surface area contributed by atoms with Crippen LogP contribution in [0, 0.1) is 11.8 Å². The first-order chi connectivity index (χ1) is 7.47. The Kier molecular flexibility index (Phi) is 6.72. The van der Waals surface area contributed by atoms with Gasteiger partial charge in [-0.05, 0) is 12.3 Å². The van der Waals surface area contributed by atoms with Crippen LogP contribution in [0.4, 0.5) is 0 Å². The van der Waals surface area contributed by atoms with Crippen molar-refractivity contribution in [3.63, 3.8) is 0 Å². The van der Waals surface area contributed by atoms with Gasteiger partial charge in [0.05, 0.1) is 13.7 Å². The molecule has 1 amide bonds. The SMILES string of the molecule is CC[C@@H](C(=O)NC(CO)C(=O)OC)C(C)C. The first-order valence-electron chi connectivity index (χ1n) is 5.46. The summed E-state index contributed by atoms with van der Waals surface area (Å²) in [6, 6.07) is -0.967. The average molecular weight is 231 g/mol. The van der Waals surface area contributed by atoms with Crippen molar-refractivity contribution in [2.75, 3.05) is 13.7 Å². The van der Waals surface area contributed by atoms with E-state index in [0.29, 0.717) is 6.42 Å². The summed E-state index contributed by atoms with van der Waals surface area (Å²) in [4.78, 5) is 22.9. The van der Waals surface area contributed by atoms with Crippen LogP contribution >= 0.6 is 0 Å². The smallest absolute Gasteiger partial charge is 0.330 e. The molecule has 94 valence electrons. The Morgan fingerprint density at radius 2 is 1.94 bits per heavy atom. The molecule has 0 bridgehead atoms. The highest BCUT2D eigenvalue weighted by molar-refractivity contribution is 5.85. The molecular formula is C11H21NO4. The van der Waals surface area contributed by atoms with Crippen molar-refractivity contribution in [2.45, 2.75) is 33.2 Å². The number of ether oxygens (including phenoxy) is 1. The van der Waals surface area contributed by atoms with Crippen LogP contribution in [-0.4, -0.2) is 36.7 Å². The third-order valence-corrected chi connectivity index (χ3v) is 2.57. The molecule has 1 unspecified atom stereocenters. The molecule has 0 saturated heterocycles. The zero-order valence-electron chi connectivity index (χ0n) is 10.3. The monoisotopic (exact) mass is 231 g/mol. The second kappa shape index (κ2) is 7.22. The van der Waals surface area contributed by atoms with Crippen LogP contribution in [0.5, 0.6) is 0 Å². The summed E-state index contributed by atoms with van der Waals surface area (Å²) in [7, 11) is 1.22. The van der Waals surface area contributed by atoms with Crippen molar-refractivity contribution in [2.24, 2.45) is 11.8 Å². The zero-order valence-corrected chi connectivity index (χ0v) is 10.3. The molecule has 0 saturated carbocycles. The summed E-state index contributed by atoms with van der Waals surface area (Å²) < 4.78 is 4.46. The number of esters is 1. The summed E-state index contributed by atoms with van der Waals surface area (Å²) >= 11 is 0. The molecule has 0 fully saturated rings. The van der Waals surface area contributed by atoms with Gasteiger partial charge in [-0.1, -0.05) is 20.8 Å². The quantitative estimate of drug-likeness (QED) is 0.645. The fourth-order valence-corrected chi connectivity index (χ4v) is 1.56. The third-order valence-electron chi connectivity index (χ3n) is 2.57. The van der Waals surface area contributed by atoms with E-state index in [1.54, 1.807) is 0 Å². The molecule has 0 aromatic carbocycles. The Morgan fingerprint density at radius 3 is 2.25 bits per heavy atom. The van der Waals surface area contributed by atoms with Gasteiger partial charge in [0.15, 0.2) is 6.04 Å². The number of aliphatic hydroxyl groups is 1. The fraction of sp³-hybridized carbons (Fsp3) is 0.818. The largest absolute Gasteiger partial charge is 0.467 e. The lowest BCUT2D eigenvalue weighted by Crippen LogP contribution is -2.47. The van der Waals surface area contributed by atoms with Gasteiger partial charge in [0.25, 0.3) is 0 Å². The minimum Gasteiger partial charge on any atom is -0.467 e. The highest BCUT2D eigenvalue weighted by atomic mass is 16.5. The molecule has 5 heteroatoms. The molecule has 2 N–H and O–H groups in total. The van der Waals surface area contributed by atoms with Gasteiger partial charge < -0.3 is 15.2 Å². The molecule has 0 aromatic heterocycles. The van der Waals surface area contributed by atoms with Gasteiger partial charge >= 0.3 is 5.97 Å². The van der Waals surface area contributed by atoms with Gasteiger partial charge in [-0.25, -0.2) is 4.79 Å². The van der Waals surface area contributed by atoms with Crippen molar-refractivity contribution >= 4 is 11.9 Å². The molecular weight excluding hydrogens is 210 g/mol. The molecule has 0 aromatic rings. The maximum Gasteiger partial charge on any atom is 0.330 e. The second-order valence-corrected chi connectivity index (χ2v) is 4.03. The number of aliphatic hydroxyl groups excluding tert-OH is 1. The van der Waals surface area contributed by atoms with Crippen molar-refractivity contribution in [3.8, 4) is 0 Å². The zero-order chi connectivity index (χ0) is 12.7. The summed E-state index contributed by atoms with van der Waals surface area (Å²) in [6.45, 7) is 5.35. The Bertz CT molecular complexity index is 240. The standard InChI is InChI=1S/C11H21NO4/c1-5-8(7(2)3)10(14)12-9(6-13)11(15)16-4/h7-9,13H,5-6H2,1-4H3,(H,12,14)/t8-,9?/m1/s1. The lowest BCUT2D eigenvalue weighted by atomic mass is 9.92. The van der Waals surface area contributed by atoms with Gasteiger partial charge in [-0.3, -0.25) is 4.79 Å². The Morgan fingerprint density at radius 1 is 1.38 bits per heavy atom. The van der Waals surface area contributed by atoms with Crippen LogP contribution in [0.25, 0.3) is 0 Å². The summed E-state index contributed by atoms with van der Waals surface area (Å²) in [6.07, 6.45) is 0.697. The van der Waals surface area contributed by atoms with Crippen LogP contribution in [0.15, 0.2) is 0 Å². The fourth-order valence-electron chi connectivity index (χ4n) is 1.56. The molecule has 5 nitrogen and oxygen atoms in total. The van der Waals surface area contributed by atoms with Gasteiger partial charge in [-0.2, -0.15) is 0 Å². The molecule has 2 atom stereocenters. The first-order valence-corrected chi connectivity index (χ1v) is 5.46. The maximum atomic E-state index is 11.8. The van der Waals surface area contributed by atoms with Crippen LogP contribution in [0.1, 0.15) is 27.2 Å². The molecule has 0 heterocycles. The second-order valence-electron chi connectivity index (χ2n) is 4.03. The topological polar surface area (TPSA) is 75.6 Å². The molecule has 16 heavy (non-hydrogen) atoms. The number of carbonyl (C=O) groups excluding carboxylic acids is 2. The number of amides is 1. The van der Waals surface area contributed by atoms with E-state index < -0.39 is 18.6 Å². The van der Waals surface area contributed by atoms with Gasteiger partial charge in [0, 0.05) is 5.92 Å². The lowest BCUT2D eigenvalue weighted by molar-refractivity contribution is -0.147.